The molecule has 9 heteroatoms. The molecule has 7 nitrogen and oxygen atoms in total. The van der Waals surface area contributed by atoms with E-state index in [0.29, 0.717) is 25.8 Å². The Balaban J connectivity index is 1.45. The van der Waals surface area contributed by atoms with Crippen LogP contribution in [0.2, 0.25) is 0 Å². The predicted molar refractivity (Wildman–Crippen MR) is 143 cm³/mol. The van der Waals surface area contributed by atoms with E-state index in [4.69, 9.17) is 0 Å². The first-order valence-corrected chi connectivity index (χ1v) is 13.9. The molecule has 1 aromatic heterocycles. The number of hydrogen-bond acceptors (Lipinski definition) is 5. The summed E-state index contributed by atoms with van der Waals surface area (Å²) in [7, 11) is 0. The molecule has 0 bridgehead atoms. The SMILES string of the molecule is CC[C@H](NC(=O)[C@@H]1CCCN1C(=O)C(NC(=O)C1(F)CC1)C(C)(C)C)c1ccc(-c2scnc2C)cc1. The Kier molecular flexibility index (Phi) is 7.74. The highest BCUT2D eigenvalue weighted by Gasteiger charge is 2.53. The standard InChI is InChI=1S/C28H37FN4O3S/c1-6-20(18-9-11-19(12-10-18)22-17(2)30-16-37-22)31-24(34)21-8-7-15-33(21)25(35)23(27(3,4)5)32-26(36)28(29)13-14-28/h9-12,16,20-21,23H,6-8,13-15H2,1-5H3,(H,31,34)(H,32,36)/t20-,21-,23?/m0/s1. The van der Waals surface area contributed by atoms with E-state index in [1.54, 1.807) is 16.2 Å². The van der Waals surface area contributed by atoms with Gasteiger partial charge in [-0.3, -0.25) is 14.4 Å². The molecule has 2 aliphatic rings. The molecule has 2 aromatic rings. The Morgan fingerprint density at radius 3 is 2.41 bits per heavy atom. The summed E-state index contributed by atoms with van der Waals surface area (Å²) in [6.07, 6.45) is 2.31. The minimum Gasteiger partial charge on any atom is -0.348 e. The van der Waals surface area contributed by atoms with Gasteiger partial charge in [-0.1, -0.05) is 52.0 Å². The maximum absolute atomic E-state index is 14.4. The van der Waals surface area contributed by atoms with Gasteiger partial charge in [-0.15, -0.1) is 11.3 Å². The van der Waals surface area contributed by atoms with Crippen LogP contribution in [0.25, 0.3) is 10.4 Å². The number of rotatable bonds is 8. The van der Waals surface area contributed by atoms with Crippen LogP contribution in [0.15, 0.2) is 29.8 Å². The van der Waals surface area contributed by atoms with Crippen LogP contribution >= 0.6 is 11.3 Å². The maximum Gasteiger partial charge on any atom is 0.258 e. The van der Waals surface area contributed by atoms with Crippen molar-refractivity contribution in [1.82, 2.24) is 20.5 Å². The highest BCUT2D eigenvalue weighted by atomic mass is 32.1. The van der Waals surface area contributed by atoms with Crippen molar-refractivity contribution >= 4 is 29.1 Å². The lowest BCUT2D eigenvalue weighted by Gasteiger charge is -2.36. The zero-order valence-corrected chi connectivity index (χ0v) is 23.1. The second-order valence-electron chi connectivity index (χ2n) is 11.3. The van der Waals surface area contributed by atoms with Gasteiger partial charge in [-0.2, -0.15) is 0 Å². The number of aromatic nitrogens is 1. The van der Waals surface area contributed by atoms with Crippen molar-refractivity contribution in [2.24, 2.45) is 5.41 Å². The number of likely N-dealkylation sites (tertiary alicyclic amines) is 1. The van der Waals surface area contributed by atoms with E-state index in [9.17, 15) is 18.8 Å². The molecular formula is C28H37FN4O3S. The molecule has 4 rings (SSSR count). The second kappa shape index (κ2) is 10.5. The summed E-state index contributed by atoms with van der Waals surface area (Å²) in [5, 5.41) is 5.79. The normalized spacial score (nSPS) is 20.3. The molecule has 37 heavy (non-hydrogen) atoms. The van der Waals surface area contributed by atoms with Crippen LogP contribution in [0.1, 0.15) is 77.1 Å². The number of amides is 3. The minimum absolute atomic E-state index is 0.182. The van der Waals surface area contributed by atoms with Crippen LogP contribution in [0.4, 0.5) is 4.39 Å². The predicted octanol–water partition coefficient (Wildman–Crippen LogP) is 4.71. The minimum atomic E-state index is -1.87. The molecule has 1 aliphatic heterocycles. The van der Waals surface area contributed by atoms with Gasteiger partial charge in [0.2, 0.25) is 11.8 Å². The maximum atomic E-state index is 14.4. The number of aryl methyl sites for hydroxylation is 1. The Hall–Kier alpha value is -2.81. The summed E-state index contributed by atoms with van der Waals surface area (Å²) in [6, 6.07) is 6.41. The molecule has 200 valence electrons. The number of nitrogens with one attached hydrogen (secondary N) is 2. The third-order valence-corrected chi connectivity index (χ3v) is 8.35. The Morgan fingerprint density at radius 2 is 1.86 bits per heavy atom. The molecule has 3 atom stereocenters. The Bertz CT molecular complexity index is 1150. The zero-order valence-electron chi connectivity index (χ0n) is 22.3. The molecule has 2 heterocycles. The van der Waals surface area contributed by atoms with Crippen molar-refractivity contribution in [3.05, 3.63) is 41.0 Å². The molecule has 1 saturated heterocycles. The van der Waals surface area contributed by atoms with Crippen molar-refractivity contribution in [3.63, 3.8) is 0 Å². The lowest BCUT2D eigenvalue weighted by Crippen LogP contribution is -2.59. The van der Waals surface area contributed by atoms with Gasteiger partial charge in [0, 0.05) is 6.54 Å². The number of halogens is 1. The third-order valence-electron chi connectivity index (χ3n) is 7.37. The number of carbonyl (C=O) groups excluding carboxylic acids is 3. The highest BCUT2D eigenvalue weighted by Crippen LogP contribution is 2.40. The molecule has 0 spiro atoms. The molecule has 0 radical (unpaired) electrons. The summed E-state index contributed by atoms with van der Waals surface area (Å²) >= 11 is 1.60. The van der Waals surface area contributed by atoms with Gasteiger partial charge in [0.25, 0.3) is 5.91 Å². The van der Waals surface area contributed by atoms with Gasteiger partial charge in [-0.05, 0) is 55.6 Å². The molecule has 1 unspecified atom stereocenters. The highest BCUT2D eigenvalue weighted by molar-refractivity contribution is 7.13. The van der Waals surface area contributed by atoms with Gasteiger partial charge in [0.15, 0.2) is 5.67 Å². The molecule has 3 amide bonds. The number of alkyl halides is 1. The average molecular weight is 529 g/mol. The van der Waals surface area contributed by atoms with Crippen molar-refractivity contribution in [1.29, 1.82) is 0 Å². The zero-order chi connectivity index (χ0) is 27.0. The smallest absolute Gasteiger partial charge is 0.258 e. The van der Waals surface area contributed by atoms with Crippen LogP contribution in [0.5, 0.6) is 0 Å². The van der Waals surface area contributed by atoms with Crippen molar-refractivity contribution in [2.75, 3.05) is 6.54 Å². The van der Waals surface area contributed by atoms with E-state index < -0.39 is 29.1 Å². The molecular weight excluding hydrogens is 491 g/mol. The van der Waals surface area contributed by atoms with Gasteiger partial charge in [0.05, 0.1) is 22.1 Å². The quantitative estimate of drug-likeness (QED) is 0.519. The van der Waals surface area contributed by atoms with E-state index in [0.717, 1.165) is 21.7 Å². The van der Waals surface area contributed by atoms with Crippen molar-refractivity contribution in [3.8, 4) is 10.4 Å². The monoisotopic (exact) mass is 528 g/mol. The molecule has 1 saturated carbocycles. The summed E-state index contributed by atoms with van der Waals surface area (Å²) in [6.45, 7) is 9.94. The molecule has 1 aliphatic carbocycles. The van der Waals surface area contributed by atoms with Crippen LogP contribution in [0, 0.1) is 12.3 Å². The van der Waals surface area contributed by atoms with Crippen molar-refractivity contribution in [2.45, 2.75) is 90.5 Å². The summed E-state index contributed by atoms with van der Waals surface area (Å²) < 4.78 is 14.4. The van der Waals surface area contributed by atoms with Crippen molar-refractivity contribution < 1.29 is 18.8 Å². The first-order valence-electron chi connectivity index (χ1n) is 13.1. The lowest BCUT2D eigenvalue weighted by molar-refractivity contribution is -0.145. The fourth-order valence-electron chi connectivity index (χ4n) is 4.85. The first kappa shape index (κ1) is 27.2. The topological polar surface area (TPSA) is 91.4 Å². The van der Waals surface area contributed by atoms with E-state index in [1.165, 1.54) is 0 Å². The molecule has 1 aromatic carbocycles. The largest absolute Gasteiger partial charge is 0.348 e. The van der Waals surface area contributed by atoms with Gasteiger partial charge in [0.1, 0.15) is 12.1 Å². The summed E-state index contributed by atoms with van der Waals surface area (Å²) in [5.74, 6) is -1.27. The third kappa shape index (κ3) is 5.87. The summed E-state index contributed by atoms with van der Waals surface area (Å²) in [5.41, 5.74) is 2.41. The number of carbonyl (C=O) groups is 3. The van der Waals surface area contributed by atoms with Crippen LogP contribution in [-0.4, -0.2) is 51.9 Å². The van der Waals surface area contributed by atoms with Gasteiger partial charge >= 0.3 is 0 Å². The van der Waals surface area contributed by atoms with E-state index in [1.807, 2.05) is 64.4 Å². The fourth-order valence-corrected chi connectivity index (χ4v) is 5.66. The number of benzene rings is 1. The number of thiazole rings is 1. The van der Waals surface area contributed by atoms with Crippen LogP contribution < -0.4 is 10.6 Å². The van der Waals surface area contributed by atoms with Gasteiger partial charge < -0.3 is 15.5 Å². The Labute approximate surface area is 222 Å². The molecule has 2 fully saturated rings. The summed E-state index contributed by atoms with van der Waals surface area (Å²) in [4.78, 5) is 46.4. The first-order chi connectivity index (χ1) is 17.4. The Morgan fingerprint density at radius 1 is 1.19 bits per heavy atom. The van der Waals surface area contributed by atoms with E-state index in [-0.39, 0.29) is 30.7 Å². The number of nitrogens with zero attached hydrogens (tertiary/aromatic N) is 2. The van der Waals surface area contributed by atoms with E-state index >= 15 is 0 Å². The lowest BCUT2D eigenvalue weighted by atomic mass is 9.85. The van der Waals surface area contributed by atoms with Crippen LogP contribution in [0.3, 0.4) is 0 Å². The van der Waals surface area contributed by atoms with Gasteiger partial charge in [-0.25, -0.2) is 9.37 Å². The van der Waals surface area contributed by atoms with Crippen LogP contribution in [-0.2, 0) is 14.4 Å². The molecule has 2 N–H and O–H groups in total. The number of hydrogen-bond donors (Lipinski definition) is 2. The average Bonchev–Trinajstić information content (AvgIpc) is 3.23. The van der Waals surface area contributed by atoms with E-state index in [2.05, 4.69) is 15.6 Å². The second-order valence-corrected chi connectivity index (χ2v) is 12.1. The fraction of sp³-hybridized carbons (Fsp3) is 0.571.